The summed E-state index contributed by atoms with van der Waals surface area (Å²) in [5.74, 6) is -0.757. The fraction of sp³-hybridized carbons (Fsp3) is 0.750. The lowest BCUT2D eigenvalue weighted by molar-refractivity contribution is -0.131. The lowest BCUT2D eigenvalue weighted by atomic mass is 10.3. The predicted molar refractivity (Wildman–Crippen MR) is 25.2 cm³/mol. The predicted octanol–water partition coefficient (Wildman–Crippen LogP) is -2.10. The minimum atomic E-state index is -1.42. The number of carbonyl (C=O) groups excluding carboxylic acids is 1. The molecule has 0 fully saturated rings. The molecule has 4 nitrogen and oxygen atoms in total. The van der Waals surface area contributed by atoms with Crippen LogP contribution in [-0.4, -0.2) is 40.4 Å². The molecule has 8 heavy (non-hydrogen) atoms. The van der Waals surface area contributed by atoms with E-state index in [0.717, 1.165) is 0 Å². The van der Waals surface area contributed by atoms with E-state index in [4.69, 9.17) is 15.3 Å². The van der Waals surface area contributed by atoms with Crippen molar-refractivity contribution in [2.45, 2.75) is 6.10 Å². The first-order valence-electron chi connectivity index (χ1n) is 2.15. The molecular formula is C4H8O4. The minimum Gasteiger partial charge on any atom is -0.393 e. The molecule has 0 aromatic heterocycles. The Morgan fingerprint density at radius 3 is 2.12 bits per heavy atom. The molecule has 1 unspecified atom stereocenters. The van der Waals surface area contributed by atoms with Crippen LogP contribution in [-0.2, 0) is 4.79 Å². The molecule has 3 N–H and O–H groups in total. The topological polar surface area (TPSA) is 77.8 Å². The van der Waals surface area contributed by atoms with Gasteiger partial charge in [-0.15, -0.1) is 0 Å². The summed E-state index contributed by atoms with van der Waals surface area (Å²) in [6.07, 6.45) is -1.42. The van der Waals surface area contributed by atoms with E-state index >= 15 is 0 Å². The van der Waals surface area contributed by atoms with E-state index in [1.807, 2.05) is 0 Å². The van der Waals surface area contributed by atoms with Crippen molar-refractivity contribution in [1.29, 1.82) is 0 Å². The fourth-order valence-electron chi connectivity index (χ4n) is 0.207. The number of carbonyl (C=O) groups is 1. The summed E-state index contributed by atoms with van der Waals surface area (Å²) in [6, 6.07) is 0. The van der Waals surface area contributed by atoms with Crippen molar-refractivity contribution in [2.75, 3.05) is 13.2 Å². The summed E-state index contributed by atoms with van der Waals surface area (Å²) in [7, 11) is 0. The first kappa shape index (κ1) is 7.55. The highest BCUT2D eigenvalue weighted by Crippen LogP contribution is 1.80. The second-order valence-corrected chi connectivity index (χ2v) is 1.32. The van der Waals surface area contributed by atoms with Gasteiger partial charge < -0.3 is 15.3 Å². The number of aliphatic hydroxyl groups excluding tert-OH is 3. The van der Waals surface area contributed by atoms with Crippen LogP contribution in [0.3, 0.4) is 0 Å². The summed E-state index contributed by atoms with van der Waals surface area (Å²) in [4.78, 5) is 10.1. The number of hydrogen-bond acceptors (Lipinski definition) is 4. The van der Waals surface area contributed by atoms with Gasteiger partial charge in [0.25, 0.3) is 0 Å². The molecule has 0 aromatic rings. The van der Waals surface area contributed by atoms with Crippen molar-refractivity contribution in [3.05, 3.63) is 0 Å². The average Bonchev–Trinajstić information content (AvgIpc) is 1.84. The van der Waals surface area contributed by atoms with Crippen LogP contribution in [0.15, 0.2) is 0 Å². The van der Waals surface area contributed by atoms with E-state index in [2.05, 4.69) is 0 Å². The summed E-state index contributed by atoms with van der Waals surface area (Å²) in [5, 5.41) is 24.4. The van der Waals surface area contributed by atoms with Gasteiger partial charge in [0.1, 0.15) is 12.7 Å². The molecule has 0 heterocycles. The summed E-state index contributed by atoms with van der Waals surface area (Å²) >= 11 is 0. The van der Waals surface area contributed by atoms with Gasteiger partial charge in [0.15, 0.2) is 5.78 Å². The highest BCUT2D eigenvalue weighted by molar-refractivity contribution is 5.83. The molecule has 0 aromatic carbocycles. The third-order valence-corrected chi connectivity index (χ3v) is 0.700. The van der Waals surface area contributed by atoms with Crippen molar-refractivity contribution < 1.29 is 20.1 Å². The molecular weight excluding hydrogens is 112 g/mol. The summed E-state index contributed by atoms with van der Waals surface area (Å²) < 4.78 is 0. The van der Waals surface area contributed by atoms with Crippen LogP contribution in [0, 0.1) is 0 Å². The molecule has 48 valence electrons. The zero-order chi connectivity index (χ0) is 6.57. The van der Waals surface area contributed by atoms with Gasteiger partial charge in [0.05, 0.1) is 6.61 Å². The van der Waals surface area contributed by atoms with Gasteiger partial charge in [-0.25, -0.2) is 0 Å². The largest absolute Gasteiger partial charge is 0.393 e. The van der Waals surface area contributed by atoms with Gasteiger partial charge >= 0.3 is 0 Å². The first-order valence-corrected chi connectivity index (χ1v) is 2.15. The lowest BCUT2D eigenvalue weighted by Gasteiger charge is -2.00. The molecule has 0 aliphatic carbocycles. The fourth-order valence-corrected chi connectivity index (χ4v) is 0.207. The Morgan fingerprint density at radius 2 is 2.00 bits per heavy atom. The van der Waals surface area contributed by atoms with Crippen molar-refractivity contribution in [3.63, 3.8) is 0 Å². The molecule has 1 atom stereocenters. The second kappa shape index (κ2) is 3.54. The summed E-state index contributed by atoms with van der Waals surface area (Å²) in [5.41, 5.74) is 0. The highest BCUT2D eigenvalue weighted by Gasteiger charge is 2.10. The molecule has 0 aliphatic heterocycles. The zero-order valence-corrected chi connectivity index (χ0v) is 4.24. The van der Waals surface area contributed by atoms with Gasteiger partial charge in [-0.3, -0.25) is 4.79 Å². The quantitative estimate of drug-likeness (QED) is 0.398. The van der Waals surface area contributed by atoms with Crippen LogP contribution in [0.4, 0.5) is 0 Å². The molecule has 0 rings (SSSR count). The smallest absolute Gasteiger partial charge is 0.188 e. The molecule has 0 spiro atoms. The van der Waals surface area contributed by atoms with Gasteiger partial charge in [-0.1, -0.05) is 0 Å². The molecule has 0 saturated heterocycles. The Hall–Kier alpha value is -0.450. The maximum absolute atomic E-state index is 10.1. The van der Waals surface area contributed by atoms with E-state index in [-0.39, 0.29) is 0 Å². The Balaban J connectivity index is 3.46. The lowest BCUT2D eigenvalue weighted by Crippen LogP contribution is -2.26. The van der Waals surface area contributed by atoms with Crippen LogP contribution in [0.25, 0.3) is 0 Å². The van der Waals surface area contributed by atoms with Crippen LogP contribution in [0.2, 0.25) is 0 Å². The molecule has 0 bridgehead atoms. The number of ketones is 1. The average molecular weight is 120 g/mol. The van der Waals surface area contributed by atoms with E-state index in [1.165, 1.54) is 0 Å². The molecule has 0 amide bonds. The van der Waals surface area contributed by atoms with Crippen molar-refractivity contribution in [1.82, 2.24) is 0 Å². The second-order valence-electron chi connectivity index (χ2n) is 1.32. The number of hydrogen-bond donors (Lipinski definition) is 3. The Kier molecular flexibility index (Phi) is 3.34. The maximum Gasteiger partial charge on any atom is 0.188 e. The first-order chi connectivity index (χ1) is 3.72. The van der Waals surface area contributed by atoms with E-state index in [1.54, 1.807) is 0 Å². The molecule has 4 heteroatoms. The normalized spacial score (nSPS) is 13.4. The molecule has 0 radical (unpaired) electrons. The Bertz CT molecular complexity index is 80.1. The van der Waals surface area contributed by atoms with Gasteiger partial charge in [0.2, 0.25) is 0 Å². The number of Topliss-reactive ketones (excluding diaryl/α,β-unsaturated/α-hetero) is 1. The van der Waals surface area contributed by atoms with Crippen molar-refractivity contribution in [2.24, 2.45) is 0 Å². The van der Waals surface area contributed by atoms with Crippen molar-refractivity contribution >= 4 is 5.78 Å². The van der Waals surface area contributed by atoms with Gasteiger partial charge in [0, 0.05) is 0 Å². The number of rotatable bonds is 3. The van der Waals surface area contributed by atoms with Gasteiger partial charge in [-0.05, 0) is 0 Å². The highest BCUT2D eigenvalue weighted by atomic mass is 16.3. The standard InChI is InChI=1S/C4H8O4/c5-1-3(7)4(8)2-6/h3,5-7H,1-2H2. The Labute approximate surface area is 46.4 Å². The monoisotopic (exact) mass is 120 g/mol. The van der Waals surface area contributed by atoms with E-state index in [9.17, 15) is 4.79 Å². The number of aliphatic hydroxyl groups is 3. The van der Waals surface area contributed by atoms with Crippen LogP contribution in [0.1, 0.15) is 0 Å². The SMILES string of the molecule is O=C(CO)C(O)CO. The molecule has 0 saturated carbocycles. The van der Waals surface area contributed by atoms with Crippen LogP contribution < -0.4 is 0 Å². The van der Waals surface area contributed by atoms with E-state index in [0.29, 0.717) is 0 Å². The van der Waals surface area contributed by atoms with Crippen molar-refractivity contribution in [3.8, 4) is 0 Å². The third-order valence-electron chi connectivity index (χ3n) is 0.700. The zero-order valence-electron chi connectivity index (χ0n) is 4.24. The van der Waals surface area contributed by atoms with E-state index < -0.39 is 25.1 Å². The van der Waals surface area contributed by atoms with Crippen LogP contribution in [0.5, 0.6) is 0 Å². The van der Waals surface area contributed by atoms with Crippen LogP contribution >= 0.6 is 0 Å². The molecule has 0 aliphatic rings. The maximum atomic E-state index is 10.1. The van der Waals surface area contributed by atoms with Gasteiger partial charge in [-0.2, -0.15) is 0 Å². The summed E-state index contributed by atoms with van der Waals surface area (Å²) in [6.45, 7) is -1.35. The Morgan fingerprint density at radius 1 is 1.50 bits per heavy atom. The third kappa shape index (κ3) is 2.02. The minimum absolute atomic E-state index is 0.626.